The first-order valence-electron chi connectivity index (χ1n) is 5.58. The third-order valence-electron chi connectivity index (χ3n) is 1.54. The minimum Gasteiger partial charge on any atom is -0.373 e. The van der Waals surface area contributed by atoms with E-state index in [0.29, 0.717) is 6.61 Å². The fourth-order valence-corrected chi connectivity index (χ4v) is 1.25. The summed E-state index contributed by atoms with van der Waals surface area (Å²) < 4.78 is 16.8. The molecule has 0 bridgehead atoms. The van der Waals surface area contributed by atoms with Crippen LogP contribution in [-0.2, 0) is 14.2 Å². The van der Waals surface area contributed by atoms with E-state index in [2.05, 4.69) is 6.92 Å². The largest absolute Gasteiger partial charge is 0.373 e. The summed E-state index contributed by atoms with van der Waals surface area (Å²) in [5, 5.41) is 0. The summed E-state index contributed by atoms with van der Waals surface area (Å²) in [5.41, 5.74) is 0. The van der Waals surface area contributed by atoms with Gasteiger partial charge >= 0.3 is 0 Å². The zero-order valence-electron chi connectivity index (χ0n) is 10.9. The van der Waals surface area contributed by atoms with E-state index in [1.807, 2.05) is 41.5 Å². The van der Waals surface area contributed by atoms with Gasteiger partial charge in [0.15, 0.2) is 5.79 Å². The zero-order chi connectivity index (χ0) is 12.1. The Morgan fingerprint density at radius 3 is 1.53 bits per heavy atom. The summed E-state index contributed by atoms with van der Waals surface area (Å²) in [4.78, 5) is 0. The Morgan fingerprint density at radius 1 is 0.867 bits per heavy atom. The highest BCUT2D eigenvalue weighted by Crippen LogP contribution is 2.18. The molecule has 0 aliphatic carbocycles. The van der Waals surface area contributed by atoms with E-state index in [9.17, 15) is 0 Å². The third kappa shape index (κ3) is 7.77. The van der Waals surface area contributed by atoms with Gasteiger partial charge in [0.1, 0.15) is 6.61 Å². The van der Waals surface area contributed by atoms with E-state index in [0.717, 1.165) is 0 Å². The fraction of sp³-hybridized carbons (Fsp3) is 0.917. The summed E-state index contributed by atoms with van der Waals surface area (Å²) in [6, 6.07) is 0. The van der Waals surface area contributed by atoms with Gasteiger partial charge in [0.05, 0.1) is 18.3 Å². The maximum absolute atomic E-state index is 5.64. The summed E-state index contributed by atoms with van der Waals surface area (Å²) in [6.45, 7) is 16.1. The van der Waals surface area contributed by atoms with Gasteiger partial charge in [-0.15, -0.1) is 0 Å². The predicted octanol–water partition coefficient (Wildman–Crippen LogP) is 2.79. The molecule has 0 saturated carbocycles. The summed E-state index contributed by atoms with van der Waals surface area (Å²) in [6.07, 6.45) is 0.284. The Hall–Kier alpha value is -0.120. The van der Waals surface area contributed by atoms with Gasteiger partial charge in [0.25, 0.3) is 0 Å². The second-order valence-electron chi connectivity index (χ2n) is 4.60. The highest BCUT2D eigenvalue weighted by molar-refractivity contribution is 4.75. The second-order valence-corrected chi connectivity index (χ2v) is 4.60. The minimum atomic E-state index is -0.896. The van der Waals surface area contributed by atoms with Gasteiger partial charge in [0, 0.05) is 6.92 Å². The lowest BCUT2D eigenvalue weighted by molar-refractivity contribution is -0.265. The van der Waals surface area contributed by atoms with E-state index in [4.69, 9.17) is 14.2 Å². The molecule has 0 N–H and O–H groups in total. The van der Waals surface area contributed by atoms with Gasteiger partial charge in [-0.05, 0) is 41.5 Å². The minimum absolute atomic E-state index is 0.0667. The predicted molar refractivity (Wildman–Crippen MR) is 61.6 cm³/mol. The lowest BCUT2D eigenvalue weighted by Crippen LogP contribution is -2.42. The SMILES string of the molecule is [CH2]C(COC(C)C)(OC(C)C)OC(C)C. The first kappa shape index (κ1) is 14.9. The number of hydrogen-bond donors (Lipinski definition) is 0. The molecule has 0 rings (SSSR count). The number of ether oxygens (including phenoxy) is 3. The van der Waals surface area contributed by atoms with Crippen molar-refractivity contribution in [3.8, 4) is 0 Å². The molecule has 0 spiro atoms. The van der Waals surface area contributed by atoms with Gasteiger partial charge in [0.2, 0.25) is 0 Å². The van der Waals surface area contributed by atoms with Gasteiger partial charge in [-0.2, -0.15) is 0 Å². The first-order valence-corrected chi connectivity index (χ1v) is 5.58. The molecular formula is C12H25O3. The average Bonchev–Trinajstić information content (AvgIpc) is 1.97. The third-order valence-corrected chi connectivity index (χ3v) is 1.54. The van der Waals surface area contributed by atoms with Crippen molar-refractivity contribution in [2.75, 3.05) is 6.61 Å². The Morgan fingerprint density at radius 2 is 1.27 bits per heavy atom. The molecule has 0 aromatic heterocycles. The molecule has 0 amide bonds. The lowest BCUT2D eigenvalue weighted by atomic mass is 10.3. The lowest BCUT2D eigenvalue weighted by Gasteiger charge is -2.33. The van der Waals surface area contributed by atoms with Gasteiger partial charge in [-0.25, -0.2) is 0 Å². The molecule has 0 saturated heterocycles. The van der Waals surface area contributed by atoms with Crippen molar-refractivity contribution in [1.82, 2.24) is 0 Å². The van der Waals surface area contributed by atoms with Crippen molar-refractivity contribution < 1.29 is 14.2 Å². The first-order chi connectivity index (χ1) is 6.75. The Bertz CT molecular complexity index is 154. The van der Waals surface area contributed by atoms with Crippen molar-refractivity contribution in [3.63, 3.8) is 0 Å². The van der Waals surface area contributed by atoms with E-state index >= 15 is 0 Å². The van der Waals surface area contributed by atoms with Crippen LogP contribution in [0.1, 0.15) is 41.5 Å². The fourth-order valence-electron chi connectivity index (χ4n) is 1.25. The number of hydrogen-bond acceptors (Lipinski definition) is 3. The topological polar surface area (TPSA) is 27.7 Å². The van der Waals surface area contributed by atoms with Crippen LogP contribution in [0.15, 0.2) is 0 Å². The standard InChI is InChI=1S/C12H25O3/c1-9(2)13-8-12(7,14-10(3)4)15-11(5)6/h9-11H,7-8H2,1-6H3. The van der Waals surface area contributed by atoms with Crippen molar-refractivity contribution in [3.05, 3.63) is 6.92 Å². The molecule has 0 aliphatic heterocycles. The molecule has 1 radical (unpaired) electrons. The van der Waals surface area contributed by atoms with E-state index in [-0.39, 0.29) is 18.3 Å². The molecule has 0 fully saturated rings. The van der Waals surface area contributed by atoms with Crippen LogP contribution in [0.4, 0.5) is 0 Å². The molecule has 0 aromatic rings. The summed E-state index contributed by atoms with van der Waals surface area (Å²) in [5.74, 6) is -0.896. The molecule has 3 heteroatoms. The van der Waals surface area contributed by atoms with Crippen LogP contribution in [0, 0.1) is 6.92 Å². The van der Waals surface area contributed by atoms with Crippen LogP contribution in [-0.4, -0.2) is 30.7 Å². The van der Waals surface area contributed by atoms with Crippen LogP contribution >= 0.6 is 0 Å². The van der Waals surface area contributed by atoms with Crippen LogP contribution < -0.4 is 0 Å². The Balaban J connectivity index is 4.26. The highest BCUT2D eigenvalue weighted by atomic mass is 16.7. The molecule has 0 atom stereocenters. The molecule has 0 aliphatic rings. The molecule has 91 valence electrons. The summed E-state index contributed by atoms with van der Waals surface area (Å²) in [7, 11) is 0. The molecule has 3 nitrogen and oxygen atoms in total. The van der Waals surface area contributed by atoms with E-state index in [1.54, 1.807) is 0 Å². The van der Waals surface area contributed by atoms with Crippen LogP contribution in [0.2, 0.25) is 0 Å². The van der Waals surface area contributed by atoms with Crippen molar-refractivity contribution >= 4 is 0 Å². The second kappa shape index (κ2) is 6.46. The van der Waals surface area contributed by atoms with E-state index in [1.165, 1.54) is 0 Å². The molecule has 0 aromatic carbocycles. The molecule has 0 heterocycles. The maximum Gasteiger partial charge on any atom is 0.192 e. The average molecular weight is 217 g/mol. The molecule has 15 heavy (non-hydrogen) atoms. The van der Waals surface area contributed by atoms with Crippen molar-refractivity contribution in [2.24, 2.45) is 0 Å². The van der Waals surface area contributed by atoms with Crippen LogP contribution in [0.3, 0.4) is 0 Å². The molecular weight excluding hydrogens is 192 g/mol. The quantitative estimate of drug-likeness (QED) is 0.614. The van der Waals surface area contributed by atoms with Crippen molar-refractivity contribution in [1.29, 1.82) is 0 Å². The Kier molecular flexibility index (Phi) is 6.41. The summed E-state index contributed by atoms with van der Waals surface area (Å²) >= 11 is 0. The maximum atomic E-state index is 5.64. The van der Waals surface area contributed by atoms with Crippen LogP contribution in [0.5, 0.6) is 0 Å². The van der Waals surface area contributed by atoms with Crippen molar-refractivity contribution in [2.45, 2.75) is 65.6 Å². The van der Waals surface area contributed by atoms with Gasteiger partial charge < -0.3 is 14.2 Å². The number of rotatable bonds is 7. The monoisotopic (exact) mass is 217 g/mol. The van der Waals surface area contributed by atoms with Gasteiger partial charge in [-0.1, -0.05) is 0 Å². The zero-order valence-corrected chi connectivity index (χ0v) is 10.9. The smallest absolute Gasteiger partial charge is 0.192 e. The normalized spacial score (nSPS) is 13.2. The van der Waals surface area contributed by atoms with E-state index < -0.39 is 5.79 Å². The Labute approximate surface area is 94.1 Å². The van der Waals surface area contributed by atoms with Gasteiger partial charge in [-0.3, -0.25) is 0 Å². The highest BCUT2D eigenvalue weighted by Gasteiger charge is 2.29. The molecule has 0 unspecified atom stereocenters. The van der Waals surface area contributed by atoms with Crippen LogP contribution in [0.25, 0.3) is 0 Å².